The largest absolute Gasteiger partial charge is 0.616 e. The standard InChI is InChI=1S/C18H28O3S.C13H17ClINO4S/c1-3-4-5-6-7-8-11-22(19)15(2)12-16-9-10-17-18(13-16)21-14-20-17;1-4-5-7(17)6-20-9(18)8-12(2,3)21-11-13(14,15)10(19)16(8)11/h9-10,13,15H,3-8,11-12,14H2,1-2H3;8,11H,4-6H2,1-3H3/t;8-,11+,13?/m.0/s1. The van der Waals surface area contributed by atoms with Gasteiger partial charge in [0.2, 0.25) is 9.67 Å². The van der Waals surface area contributed by atoms with E-state index in [1.165, 1.54) is 54.3 Å². The molecule has 0 bridgehead atoms. The third-order valence-electron chi connectivity index (χ3n) is 7.67. The molecule has 8 nitrogen and oxygen atoms in total. The first-order valence-corrected chi connectivity index (χ1v) is 18.9. The number of ketones is 1. The van der Waals surface area contributed by atoms with Crippen molar-refractivity contribution >= 4 is 74.8 Å². The molecule has 5 atom stereocenters. The number of nitrogens with zero attached hydrogens (tertiary/aromatic N) is 1. The first-order valence-electron chi connectivity index (χ1n) is 15.2. The van der Waals surface area contributed by atoms with Crippen LogP contribution in [-0.4, -0.2) is 70.6 Å². The summed E-state index contributed by atoms with van der Waals surface area (Å²) >= 11 is 8.85. The second-order valence-electron chi connectivity index (χ2n) is 11.8. The van der Waals surface area contributed by atoms with Crippen LogP contribution in [0.5, 0.6) is 11.5 Å². The summed E-state index contributed by atoms with van der Waals surface area (Å²) in [5.41, 5.74) is 1.17. The van der Waals surface area contributed by atoms with Crippen LogP contribution >= 0.6 is 46.0 Å². The quantitative estimate of drug-likeness (QED) is 0.0480. The van der Waals surface area contributed by atoms with E-state index in [2.05, 4.69) is 13.8 Å². The summed E-state index contributed by atoms with van der Waals surface area (Å²) in [7, 11) is 0. The van der Waals surface area contributed by atoms with Crippen molar-refractivity contribution in [2.75, 3.05) is 19.2 Å². The van der Waals surface area contributed by atoms with Crippen LogP contribution in [0.2, 0.25) is 0 Å². The summed E-state index contributed by atoms with van der Waals surface area (Å²) in [6.45, 7) is 10.0. The number of carbonyl (C=O) groups excluding carboxylic acids is 3. The molecule has 0 aromatic heterocycles. The number of hydrogen-bond acceptors (Lipinski definition) is 8. The monoisotopic (exact) mass is 769 g/mol. The third kappa shape index (κ3) is 9.56. The topological polar surface area (TPSA) is 105 Å². The lowest BCUT2D eigenvalue weighted by atomic mass is 9.98. The minimum atomic E-state index is -0.993. The Balaban J connectivity index is 0.000000236. The van der Waals surface area contributed by atoms with Gasteiger partial charge in [0.05, 0.1) is 0 Å². The van der Waals surface area contributed by atoms with Crippen molar-refractivity contribution < 1.29 is 33.1 Å². The minimum absolute atomic E-state index is 0.110. The number of esters is 1. The number of benzene rings is 1. The average Bonchev–Trinajstić information content (AvgIpc) is 3.54. The number of carbonyl (C=O) groups is 3. The van der Waals surface area contributed by atoms with E-state index < -0.39 is 30.8 Å². The summed E-state index contributed by atoms with van der Waals surface area (Å²) in [5.74, 6) is 1.54. The van der Waals surface area contributed by atoms with Gasteiger partial charge >= 0.3 is 5.97 Å². The zero-order valence-corrected chi connectivity index (χ0v) is 30.4. The smallest absolute Gasteiger partial charge is 0.330 e. The molecular weight excluding hydrogens is 725 g/mol. The van der Waals surface area contributed by atoms with Gasteiger partial charge in [-0.05, 0) is 80.3 Å². The summed E-state index contributed by atoms with van der Waals surface area (Å²) in [4.78, 5) is 37.3. The van der Waals surface area contributed by atoms with Gasteiger partial charge in [-0.15, -0.1) is 11.8 Å². The maximum Gasteiger partial charge on any atom is 0.330 e. The van der Waals surface area contributed by atoms with Crippen molar-refractivity contribution in [3.8, 4) is 11.5 Å². The molecule has 242 valence electrons. The lowest BCUT2D eigenvalue weighted by Crippen LogP contribution is -2.68. The Kier molecular flexibility index (Phi) is 14.1. The Bertz CT molecular complexity index is 1120. The van der Waals surface area contributed by atoms with Crippen LogP contribution < -0.4 is 9.47 Å². The summed E-state index contributed by atoms with van der Waals surface area (Å²) in [5, 5.41) is -0.0535. The Morgan fingerprint density at radius 1 is 1.16 bits per heavy atom. The van der Waals surface area contributed by atoms with Crippen LogP contribution in [0, 0.1) is 0 Å². The van der Waals surface area contributed by atoms with Crippen LogP contribution in [0.15, 0.2) is 18.2 Å². The van der Waals surface area contributed by atoms with E-state index in [1.54, 1.807) is 0 Å². The van der Waals surface area contributed by atoms with E-state index >= 15 is 0 Å². The molecule has 43 heavy (non-hydrogen) atoms. The maximum absolute atomic E-state index is 12.3. The SMILES string of the molecule is CCCC(=O)COC(=O)[C@@H]1N2C(=O)C(Cl)(I)[C@H]2SC1(C)C.CCCCCCCC[S+]([O-])C(C)Cc1ccc2c(c1)OCO2. The highest BCUT2D eigenvalue weighted by Crippen LogP contribution is 2.59. The van der Waals surface area contributed by atoms with Crippen molar-refractivity contribution in [3.05, 3.63) is 23.8 Å². The number of hydrogen-bond donors (Lipinski definition) is 0. The molecule has 12 heteroatoms. The molecule has 0 radical (unpaired) electrons. The van der Waals surface area contributed by atoms with E-state index in [1.807, 2.05) is 61.6 Å². The molecule has 4 rings (SSSR count). The fourth-order valence-corrected chi connectivity index (χ4v) is 9.32. The van der Waals surface area contributed by atoms with Gasteiger partial charge < -0.3 is 23.7 Å². The van der Waals surface area contributed by atoms with Crippen LogP contribution in [0.3, 0.4) is 0 Å². The van der Waals surface area contributed by atoms with Crippen molar-refractivity contribution in [2.45, 2.75) is 117 Å². The lowest BCUT2D eigenvalue weighted by Gasteiger charge is -2.46. The summed E-state index contributed by atoms with van der Waals surface area (Å²) in [6, 6.07) is 5.31. The number of thioether (sulfide) groups is 1. The van der Waals surface area contributed by atoms with Gasteiger partial charge in [0, 0.05) is 17.6 Å². The highest BCUT2D eigenvalue weighted by Gasteiger charge is 2.70. The highest BCUT2D eigenvalue weighted by atomic mass is 127. The number of halogens is 2. The molecule has 0 N–H and O–H groups in total. The van der Waals surface area contributed by atoms with Crippen LogP contribution in [0.25, 0.3) is 0 Å². The Hall–Kier alpha value is -0.890. The molecule has 3 unspecified atom stereocenters. The van der Waals surface area contributed by atoms with Crippen LogP contribution in [-0.2, 0) is 36.7 Å². The molecule has 1 amide bonds. The number of alkyl halides is 2. The normalized spacial score (nSPS) is 24.4. The maximum atomic E-state index is 12.3. The molecule has 0 aliphatic carbocycles. The first-order chi connectivity index (χ1) is 20.3. The molecule has 1 aromatic carbocycles. The van der Waals surface area contributed by atoms with Gasteiger partial charge in [0.25, 0.3) is 5.91 Å². The van der Waals surface area contributed by atoms with Crippen LogP contribution in [0.4, 0.5) is 0 Å². The van der Waals surface area contributed by atoms with Gasteiger partial charge in [-0.1, -0.05) is 68.4 Å². The minimum Gasteiger partial charge on any atom is -0.616 e. The zero-order valence-electron chi connectivity index (χ0n) is 25.8. The van der Waals surface area contributed by atoms with Gasteiger partial charge in [-0.2, -0.15) is 0 Å². The predicted octanol–water partition coefficient (Wildman–Crippen LogP) is 6.79. The molecule has 0 saturated carbocycles. The molecule has 1 aromatic rings. The molecule has 3 aliphatic heterocycles. The van der Waals surface area contributed by atoms with Crippen molar-refractivity contribution in [3.63, 3.8) is 0 Å². The molecule has 0 spiro atoms. The van der Waals surface area contributed by atoms with E-state index in [9.17, 15) is 18.9 Å². The summed E-state index contributed by atoms with van der Waals surface area (Å²) in [6.07, 6.45) is 9.43. The first kappa shape index (κ1) is 36.6. The highest BCUT2D eigenvalue weighted by molar-refractivity contribution is 14.1. The van der Waals surface area contributed by atoms with Gasteiger partial charge in [-0.3, -0.25) is 9.59 Å². The number of unbranched alkanes of at least 4 members (excludes halogenated alkanes) is 5. The van der Waals surface area contributed by atoms with E-state index in [4.69, 9.17) is 25.8 Å². The van der Waals surface area contributed by atoms with Crippen LogP contribution in [0.1, 0.15) is 91.5 Å². The van der Waals surface area contributed by atoms with E-state index in [0.717, 1.165) is 36.5 Å². The Labute approximate surface area is 282 Å². The number of β-lactam (4-membered cyclic amide) rings is 1. The van der Waals surface area contributed by atoms with Crippen molar-refractivity contribution in [1.29, 1.82) is 0 Å². The van der Waals surface area contributed by atoms with Crippen molar-refractivity contribution in [1.82, 2.24) is 4.90 Å². The number of rotatable bonds is 15. The van der Waals surface area contributed by atoms with Crippen molar-refractivity contribution in [2.24, 2.45) is 0 Å². The van der Waals surface area contributed by atoms with Gasteiger partial charge in [-0.25, -0.2) is 4.79 Å². The number of Topliss-reactive ketones (excluding diaryl/α,β-unsaturated/α-hetero) is 1. The number of amides is 1. The Morgan fingerprint density at radius 3 is 2.53 bits per heavy atom. The number of ether oxygens (including phenoxy) is 3. The van der Waals surface area contributed by atoms with Gasteiger partial charge in [0.1, 0.15) is 29.0 Å². The molecule has 3 aliphatic rings. The zero-order chi connectivity index (χ0) is 31.8. The number of fused-ring (bicyclic) bond motifs is 2. The molecular formula is C31H45ClINO7S2. The molecule has 2 fully saturated rings. The van der Waals surface area contributed by atoms with Gasteiger partial charge in [0.15, 0.2) is 17.3 Å². The fraction of sp³-hybridized carbons (Fsp3) is 0.710. The predicted molar refractivity (Wildman–Crippen MR) is 182 cm³/mol. The second-order valence-corrected chi connectivity index (χ2v) is 18.4. The van der Waals surface area contributed by atoms with E-state index in [-0.39, 0.29) is 28.9 Å². The molecule has 3 heterocycles. The average molecular weight is 770 g/mol. The second kappa shape index (κ2) is 16.6. The third-order valence-corrected chi connectivity index (χ3v) is 13.0. The lowest BCUT2D eigenvalue weighted by molar-refractivity contribution is -0.162. The van der Waals surface area contributed by atoms with E-state index in [0.29, 0.717) is 13.2 Å². The summed E-state index contributed by atoms with van der Waals surface area (Å²) < 4.78 is 26.7. The molecule has 2 saturated heterocycles. The fourth-order valence-electron chi connectivity index (χ4n) is 5.26. The Morgan fingerprint density at radius 2 is 1.84 bits per heavy atom.